The van der Waals surface area contributed by atoms with Crippen molar-refractivity contribution in [3.05, 3.63) is 46.0 Å². The Morgan fingerprint density at radius 3 is 2.73 bits per heavy atom. The Morgan fingerprint density at radius 2 is 2.13 bits per heavy atom. The highest BCUT2D eigenvalue weighted by atomic mass is 16.6. The van der Waals surface area contributed by atoms with E-state index >= 15 is 0 Å². The van der Waals surface area contributed by atoms with Crippen molar-refractivity contribution in [1.29, 1.82) is 0 Å². The molecule has 0 saturated carbocycles. The van der Waals surface area contributed by atoms with Crippen molar-refractivity contribution in [3.63, 3.8) is 0 Å². The molecule has 0 aliphatic carbocycles. The molecule has 4 nitrogen and oxygen atoms in total. The number of nitrogens with one attached hydrogen (secondary N) is 1. The quantitative estimate of drug-likeness (QED) is 0.468. The number of para-hydroxylation sites is 2. The maximum atomic E-state index is 10.7. The molecule has 4 heteroatoms. The standard InChI is InChI=1S/C11H14N2O2/c1-9(2)7-8-12-10-5-3-4-6-11(10)13(14)15/h3-7,12H,8H2,1-2H3. The molecule has 0 radical (unpaired) electrons. The van der Waals surface area contributed by atoms with Crippen LogP contribution in [0.2, 0.25) is 0 Å². The van der Waals surface area contributed by atoms with E-state index in [1.807, 2.05) is 19.9 Å². The van der Waals surface area contributed by atoms with Gasteiger partial charge in [-0.25, -0.2) is 0 Å². The van der Waals surface area contributed by atoms with Crippen molar-refractivity contribution < 1.29 is 4.92 Å². The van der Waals surface area contributed by atoms with Gasteiger partial charge in [0.15, 0.2) is 0 Å². The predicted molar refractivity (Wildman–Crippen MR) is 61.0 cm³/mol. The third-order valence-corrected chi connectivity index (χ3v) is 1.90. The number of hydrogen-bond acceptors (Lipinski definition) is 3. The molecule has 0 aromatic heterocycles. The van der Waals surface area contributed by atoms with Crippen LogP contribution in [-0.2, 0) is 0 Å². The summed E-state index contributed by atoms with van der Waals surface area (Å²) in [6.07, 6.45) is 1.98. The van der Waals surface area contributed by atoms with Crippen molar-refractivity contribution >= 4 is 11.4 Å². The summed E-state index contributed by atoms with van der Waals surface area (Å²) in [5, 5.41) is 13.7. The van der Waals surface area contributed by atoms with Gasteiger partial charge >= 0.3 is 0 Å². The van der Waals surface area contributed by atoms with Gasteiger partial charge in [-0.2, -0.15) is 0 Å². The Hall–Kier alpha value is -1.84. The number of benzene rings is 1. The minimum absolute atomic E-state index is 0.111. The molecule has 0 aliphatic heterocycles. The molecule has 0 aliphatic rings. The number of allylic oxidation sites excluding steroid dienone is 1. The van der Waals surface area contributed by atoms with Gasteiger partial charge in [-0.1, -0.05) is 23.8 Å². The molecule has 0 fully saturated rings. The van der Waals surface area contributed by atoms with E-state index in [9.17, 15) is 10.1 Å². The summed E-state index contributed by atoms with van der Waals surface area (Å²) in [6.45, 7) is 4.58. The average Bonchev–Trinajstić information content (AvgIpc) is 2.17. The lowest BCUT2D eigenvalue weighted by Crippen LogP contribution is -2.02. The van der Waals surface area contributed by atoms with E-state index in [1.165, 1.54) is 11.6 Å². The molecule has 80 valence electrons. The minimum Gasteiger partial charge on any atom is -0.376 e. The van der Waals surface area contributed by atoms with Gasteiger partial charge in [-0.05, 0) is 19.9 Å². The molecule has 1 rings (SSSR count). The van der Waals surface area contributed by atoms with Crippen LogP contribution >= 0.6 is 0 Å². The third kappa shape index (κ3) is 3.42. The van der Waals surface area contributed by atoms with Crippen LogP contribution in [0.1, 0.15) is 13.8 Å². The molecular formula is C11H14N2O2. The normalized spacial score (nSPS) is 9.47. The Morgan fingerprint density at radius 1 is 1.47 bits per heavy atom. The van der Waals surface area contributed by atoms with E-state index in [0.29, 0.717) is 12.2 Å². The second-order valence-corrected chi connectivity index (χ2v) is 3.44. The fourth-order valence-corrected chi connectivity index (χ4v) is 1.15. The second kappa shape index (κ2) is 5.14. The highest BCUT2D eigenvalue weighted by Crippen LogP contribution is 2.22. The number of nitrogens with zero attached hydrogens (tertiary/aromatic N) is 1. The average molecular weight is 206 g/mol. The van der Waals surface area contributed by atoms with E-state index < -0.39 is 0 Å². The van der Waals surface area contributed by atoms with Crippen molar-refractivity contribution in [1.82, 2.24) is 0 Å². The molecule has 0 bridgehead atoms. The molecule has 0 saturated heterocycles. The van der Waals surface area contributed by atoms with Crippen LogP contribution in [0.5, 0.6) is 0 Å². The molecule has 1 aromatic rings. The number of nitro groups is 1. The third-order valence-electron chi connectivity index (χ3n) is 1.90. The summed E-state index contributed by atoms with van der Waals surface area (Å²) in [4.78, 5) is 10.3. The van der Waals surface area contributed by atoms with Crippen LogP contribution in [0, 0.1) is 10.1 Å². The Labute approximate surface area is 88.8 Å². The molecule has 15 heavy (non-hydrogen) atoms. The molecule has 1 aromatic carbocycles. The Kier molecular flexibility index (Phi) is 3.85. The monoisotopic (exact) mass is 206 g/mol. The van der Waals surface area contributed by atoms with E-state index in [4.69, 9.17) is 0 Å². The van der Waals surface area contributed by atoms with Gasteiger partial charge in [0.05, 0.1) is 4.92 Å². The first kappa shape index (κ1) is 11.2. The van der Waals surface area contributed by atoms with E-state index in [1.54, 1.807) is 18.2 Å². The highest BCUT2D eigenvalue weighted by molar-refractivity contribution is 5.61. The lowest BCUT2D eigenvalue weighted by Gasteiger charge is -2.03. The fraction of sp³-hybridized carbons (Fsp3) is 0.273. The topological polar surface area (TPSA) is 55.2 Å². The van der Waals surface area contributed by atoms with Crippen LogP contribution in [0.4, 0.5) is 11.4 Å². The predicted octanol–water partition coefficient (Wildman–Crippen LogP) is 2.97. The van der Waals surface area contributed by atoms with Gasteiger partial charge in [0, 0.05) is 12.6 Å². The van der Waals surface area contributed by atoms with Gasteiger partial charge in [-0.3, -0.25) is 10.1 Å². The molecule has 0 spiro atoms. The molecule has 0 atom stereocenters. The summed E-state index contributed by atoms with van der Waals surface area (Å²) >= 11 is 0. The van der Waals surface area contributed by atoms with Gasteiger partial charge in [0.25, 0.3) is 5.69 Å². The van der Waals surface area contributed by atoms with Gasteiger partial charge in [0.1, 0.15) is 5.69 Å². The summed E-state index contributed by atoms with van der Waals surface area (Å²) in [6, 6.07) is 6.63. The number of anilines is 1. The molecule has 1 N–H and O–H groups in total. The molecule has 0 unspecified atom stereocenters. The van der Waals surface area contributed by atoms with Gasteiger partial charge in [-0.15, -0.1) is 0 Å². The van der Waals surface area contributed by atoms with Crippen molar-refractivity contribution in [3.8, 4) is 0 Å². The Bertz CT molecular complexity index is 382. The lowest BCUT2D eigenvalue weighted by molar-refractivity contribution is -0.383. The first-order valence-electron chi connectivity index (χ1n) is 4.72. The SMILES string of the molecule is CC(C)=CCNc1ccccc1[N+](=O)[O-]. The maximum Gasteiger partial charge on any atom is 0.292 e. The van der Waals surface area contributed by atoms with Gasteiger partial charge in [0.2, 0.25) is 0 Å². The second-order valence-electron chi connectivity index (χ2n) is 3.44. The van der Waals surface area contributed by atoms with Crippen molar-refractivity contribution in [2.45, 2.75) is 13.8 Å². The molecule has 0 heterocycles. The molecule has 0 amide bonds. The maximum absolute atomic E-state index is 10.7. The zero-order chi connectivity index (χ0) is 11.3. The summed E-state index contributed by atoms with van der Waals surface area (Å²) in [5.74, 6) is 0. The first-order chi connectivity index (χ1) is 7.11. The zero-order valence-corrected chi connectivity index (χ0v) is 8.86. The van der Waals surface area contributed by atoms with Gasteiger partial charge < -0.3 is 5.32 Å². The number of rotatable bonds is 4. The highest BCUT2D eigenvalue weighted by Gasteiger charge is 2.10. The van der Waals surface area contributed by atoms with E-state index in [0.717, 1.165) is 0 Å². The van der Waals surface area contributed by atoms with Crippen LogP contribution in [0.15, 0.2) is 35.9 Å². The number of nitro benzene ring substituents is 1. The van der Waals surface area contributed by atoms with Crippen LogP contribution in [-0.4, -0.2) is 11.5 Å². The zero-order valence-electron chi connectivity index (χ0n) is 8.86. The molecular weight excluding hydrogens is 192 g/mol. The lowest BCUT2D eigenvalue weighted by atomic mass is 10.2. The summed E-state index contributed by atoms with van der Waals surface area (Å²) < 4.78 is 0. The van der Waals surface area contributed by atoms with Crippen molar-refractivity contribution in [2.24, 2.45) is 0 Å². The number of hydrogen-bond donors (Lipinski definition) is 1. The largest absolute Gasteiger partial charge is 0.376 e. The first-order valence-corrected chi connectivity index (χ1v) is 4.72. The van der Waals surface area contributed by atoms with Crippen LogP contribution < -0.4 is 5.32 Å². The smallest absolute Gasteiger partial charge is 0.292 e. The van der Waals surface area contributed by atoms with E-state index in [-0.39, 0.29) is 10.6 Å². The van der Waals surface area contributed by atoms with Crippen LogP contribution in [0.25, 0.3) is 0 Å². The van der Waals surface area contributed by atoms with E-state index in [2.05, 4.69) is 5.32 Å². The van der Waals surface area contributed by atoms with Crippen LogP contribution in [0.3, 0.4) is 0 Å². The Balaban J connectivity index is 2.76. The van der Waals surface area contributed by atoms with Crippen molar-refractivity contribution in [2.75, 3.05) is 11.9 Å². The minimum atomic E-state index is -0.384. The fourth-order valence-electron chi connectivity index (χ4n) is 1.15. The summed E-state index contributed by atoms with van der Waals surface area (Å²) in [7, 11) is 0. The summed E-state index contributed by atoms with van der Waals surface area (Å²) in [5.41, 5.74) is 1.85.